The van der Waals surface area contributed by atoms with Crippen molar-refractivity contribution < 1.29 is 14.3 Å². The quantitative estimate of drug-likeness (QED) is 0.242. The van der Waals surface area contributed by atoms with Crippen molar-refractivity contribution in [2.24, 2.45) is 5.16 Å². The van der Waals surface area contributed by atoms with Crippen LogP contribution in [0.5, 0.6) is 11.5 Å². The van der Waals surface area contributed by atoms with Crippen molar-refractivity contribution in [1.29, 1.82) is 0 Å². The zero-order valence-electron chi connectivity index (χ0n) is 16.1. The molecule has 0 radical (unpaired) electrons. The first-order valence-corrected chi connectivity index (χ1v) is 9.79. The van der Waals surface area contributed by atoms with Crippen LogP contribution in [0.2, 0.25) is 0 Å². The summed E-state index contributed by atoms with van der Waals surface area (Å²) in [6.07, 6.45) is 5.51. The molecule has 0 bridgehead atoms. The standard InChI is InChI=1S/C20H29Cl2NO3/c1-5-7-16-13-18(24-10-9-19(21)22)14-17(8-6-2)20(16)25-11-12-26-23-15(3)4/h9,13-14H,5-8,10-12H2,1-4H3. The van der Waals surface area contributed by atoms with Gasteiger partial charge in [-0.05, 0) is 56.0 Å². The van der Waals surface area contributed by atoms with Crippen LogP contribution in [-0.4, -0.2) is 25.5 Å². The van der Waals surface area contributed by atoms with Crippen LogP contribution >= 0.6 is 23.2 Å². The highest BCUT2D eigenvalue weighted by Gasteiger charge is 2.13. The van der Waals surface area contributed by atoms with Gasteiger partial charge in [0.25, 0.3) is 0 Å². The van der Waals surface area contributed by atoms with Crippen molar-refractivity contribution in [1.82, 2.24) is 0 Å². The molecule has 146 valence electrons. The number of benzene rings is 1. The van der Waals surface area contributed by atoms with Gasteiger partial charge >= 0.3 is 0 Å². The molecule has 0 saturated heterocycles. The first-order chi connectivity index (χ1) is 12.5. The van der Waals surface area contributed by atoms with E-state index in [0.29, 0.717) is 19.8 Å². The minimum absolute atomic E-state index is 0.206. The molecule has 0 aliphatic carbocycles. The summed E-state index contributed by atoms with van der Waals surface area (Å²) in [5, 5.41) is 3.92. The SMILES string of the molecule is CCCc1cc(OCC=C(Cl)Cl)cc(CCC)c1OCCON=C(C)C. The van der Waals surface area contributed by atoms with Crippen molar-refractivity contribution in [3.05, 3.63) is 33.8 Å². The van der Waals surface area contributed by atoms with Crippen LogP contribution in [0.4, 0.5) is 0 Å². The Balaban J connectivity index is 2.93. The highest BCUT2D eigenvalue weighted by atomic mass is 35.5. The third kappa shape index (κ3) is 8.81. The largest absolute Gasteiger partial charge is 0.489 e. The van der Waals surface area contributed by atoms with Gasteiger partial charge in [-0.1, -0.05) is 55.0 Å². The lowest BCUT2D eigenvalue weighted by atomic mass is 10.0. The number of oxime groups is 1. The molecule has 0 unspecified atom stereocenters. The molecular weight excluding hydrogens is 373 g/mol. The Morgan fingerprint density at radius 2 is 1.62 bits per heavy atom. The molecule has 0 aromatic heterocycles. The molecule has 6 heteroatoms. The van der Waals surface area contributed by atoms with Gasteiger partial charge in [0.1, 0.15) is 29.2 Å². The molecule has 0 fully saturated rings. The Morgan fingerprint density at radius 1 is 1.00 bits per heavy atom. The number of rotatable bonds is 12. The number of nitrogens with zero attached hydrogens (tertiary/aromatic N) is 1. The van der Waals surface area contributed by atoms with Crippen LogP contribution in [0.3, 0.4) is 0 Å². The first kappa shape index (κ1) is 22.7. The molecule has 0 atom stereocenters. The zero-order valence-corrected chi connectivity index (χ0v) is 17.6. The Hall–Kier alpha value is -1.39. The summed E-state index contributed by atoms with van der Waals surface area (Å²) in [4.78, 5) is 5.22. The van der Waals surface area contributed by atoms with Gasteiger partial charge in [-0.25, -0.2) is 0 Å². The minimum atomic E-state index is 0.206. The summed E-state index contributed by atoms with van der Waals surface area (Å²) < 4.78 is 12.0. The lowest BCUT2D eigenvalue weighted by molar-refractivity contribution is 0.106. The molecule has 0 N–H and O–H groups in total. The summed E-state index contributed by atoms with van der Waals surface area (Å²) in [6.45, 7) is 9.29. The molecule has 1 aromatic rings. The molecule has 0 spiro atoms. The Morgan fingerprint density at radius 3 is 2.12 bits per heavy atom. The van der Waals surface area contributed by atoms with Crippen molar-refractivity contribution in [3.63, 3.8) is 0 Å². The molecular formula is C20H29Cl2NO3. The second-order valence-electron chi connectivity index (χ2n) is 6.10. The first-order valence-electron chi connectivity index (χ1n) is 9.03. The predicted octanol–water partition coefficient (Wildman–Crippen LogP) is 6.08. The summed E-state index contributed by atoms with van der Waals surface area (Å²) in [6, 6.07) is 4.06. The smallest absolute Gasteiger partial charge is 0.151 e. The van der Waals surface area contributed by atoms with Crippen molar-refractivity contribution in [2.45, 2.75) is 53.4 Å². The summed E-state index contributed by atoms with van der Waals surface area (Å²) in [5.74, 6) is 1.74. The van der Waals surface area contributed by atoms with Crippen molar-refractivity contribution >= 4 is 28.9 Å². The third-order valence-corrected chi connectivity index (χ3v) is 3.72. The topological polar surface area (TPSA) is 40.0 Å². The normalized spacial score (nSPS) is 10.2. The highest BCUT2D eigenvalue weighted by Crippen LogP contribution is 2.32. The molecule has 0 amide bonds. The molecule has 4 nitrogen and oxygen atoms in total. The predicted molar refractivity (Wildman–Crippen MR) is 110 cm³/mol. The third-order valence-electron chi connectivity index (χ3n) is 3.41. The van der Waals surface area contributed by atoms with E-state index in [1.165, 1.54) is 0 Å². The number of hydrogen-bond donors (Lipinski definition) is 0. The van der Waals surface area contributed by atoms with Crippen LogP contribution in [-0.2, 0) is 17.7 Å². The molecule has 0 aliphatic heterocycles. The second-order valence-corrected chi connectivity index (χ2v) is 7.10. The number of halogens is 2. The summed E-state index contributed by atoms with van der Waals surface area (Å²) in [7, 11) is 0. The van der Waals surface area contributed by atoms with Crippen LogP contribution in [0.1, 0.15) is 51.7 Å². The van der Waals surface area contributed by atoms with Gasteiger partial charge in [0, 0.05) is 0 Å². The van der Waals surface area contributed by atoms with Gasteiger partial charge in [0.05, 0.1) is 5.71 Å². The number of ether oxygens (including phenoxy) is 2. The average molecular weight is 402 g/mol. The van der Waals surface area contributed by atoms with E-state index < -0.39 is 0 Å². The van der Waals surface area contributed by atoms with Gasteiger partial charge in [-0.2, -0.15) is 0 Å². The van der Waals surface area contributed by atoms with E-state index in [1.54, 1.807) is 6.08 Å². The zero-order chi connectivity index (χ0) is 19.4. The fraction of sp³-hybridized carbons (Fsp3) is 0.550. The fourth-order valence-electron chi connectivity index (χ4n) is 2.46. The van der Waals surface area contributed by atoms with E-state index in [4.69, 9.17) is 37.5 Å². The maximum atomic E-state index is 6.05. The lowest BCUT2D eigenvalue weighted by Crippen LogP contribution is -2.09. The van der Waals surface area contributed by atoms with Gasteiger partial charge in [-0.15, -0.1) is 0 Å². The maximum Gasteiger partial charge on any atom is 0.151 e. The molecule has 1 rings (SSSR count). The van der Waals surface area contributed by atoms with E-state index in [2.05, 4.69) is 19.0 Å². The van der Waals surface area contributed by atoms with Crippen molar-refractivity contribution in [3.8, 4) is 11.5 Å². The van der Waals surface area contributed by atoms with E-state index in [-0.39, 0.29) is 4.49 Å². The van der Waals surface area contributed by atoms with E-state index in [9.17, 15) is 0 Å². The highest BCUT2D eigenvalue weighted by molar-refractivity contribution is 6.55. The average Bonchev–Trinajstić information content (AvgIpc) is 2.56. The molecule has 0 aliphatic rings. The molecule has 0 heterocycles. The summed E-state index contributed by atoms with van der Waals surface area (Å²) >= 11 is 11.3. The Kier molecular flexibility index (Phi) is 11.2. The van der Waals surface area contributed by atoms with Crippen LogP contribution in [0, 0.1) is 0 Å². The van der Waals surface area contributed by atoms with Gasteiger partial charge in [-0.3, -0.25) is 0 Å². The summed E-state index contributed by atoms with van der Waals surface area (Å²) in [5.41, 5.74) is 3.17. The molecule has 1 aromatic carbocycles. The van der Waals surface area contributed by atoms with Gasteiger partial charge in [0.15, 0.2) is 6.61 Å². The van der Waals surface area contributed by atoms with E-state index in [0.717, 1.165) is 54.0 Å². The van der Waals surface area contributed by atoms with E-state index in [1.807, 2.05) is 26.0 Å². The van der Waals surface area contributed by atoms with Gasteiger partial charge in [0.2, 0.25) is 0 Å². The van der Waals surface area contributed by atoms with Crippen LogP contribution in [0.25, 0.3) is 0 Å². The van der Waals surface area contributed by atoms with Gasteiger partial charge < -0.3 is 14.3 Å². The second kappa shape index (κ2) is 12.9. The lowest BCUT2D eigenvalue weighted by Gasteiger charge is -2.17. The van der Waals surface area contributed by atoms with Crippen LogP contribution in [0.15, 0.2) is 27.9 Å². The molecule has 26 heavy (non-hydrogen) atoms. The Bertz CT molecular complexity index is 580. The van der Waals surface area contributed by atoms with Crippen molar-refractivity contribution in [2.75, 3.05) is 19.8 Å². The number of hydrogen-bond acceptors (Lipinski definition) is 4. The Labute approximate surface area is 167 Å². The van der Waals surface area contributed by atoms with Crippen LogP contribution < -0.4 is 9.47 Å². The van der Waals surface area contributed by atoms with E-state index >= 15 is 0 Å². The monoisotopic (exact) mass is 401 g/mol. The molecule has 0 saturated carbocycles. The maximum absolute atomic E-state index is 6.05. The fourth-order valence-corrected chi connectivity index (χ4v) is 2.58. The minimum Gasteiger partial charge on any atom is -0.489 e. The number of aryl methyl sites for hydroxylation is 2.